The van der Waals surface area contributed by atoms with Crippen LogP contribution in [0, 0.1) is 0 Å². The van der Waals surface area contributed by atoms with Crippen LogP contribution in [0.5, 0.6) is 5.75 Å². The maximum absolute atomic E-state index is 12.6. The number of ether oxygens (including phenoxy) is 2. The van der Waals surface area contributed by atoms with Gasteiger partial charge in [0.25, 0.3) is 0 Å². The van der Waals surface area contributed by atoms with Crippen LogP contribution in [0.3, 0.4) is 0 Å². The first kappa shape index (κ1) is 16.8. The monoisotopic (exact) mass is 304 g/mol. The number of rotatable bonds is 7. The third kappa shape index (κ3) is 6.77. The molecule has 2 nitrogen and oxygen atoms in total. The number of benzene rings is 1. The van der Waals surface area contributed by atoms with E-state index >= 15 is 0 Å². The fourth-order valence-corrected chi connectivity index (χ4v) is 2.12. The van der Waals surface area contributed by atoms with Crippen molar-refractivity contribution in [3.8, 4) is 5.75 Å². The molecule has 20 heavy (non-hydrogen) atoms. The Morgan fingerprint density at radius 3 is 2.15 bits per heavy atom. The lowest BCUT2D eigenvalue weighted by molar-refractivity contribution is 0.133. The molecular formula is C14H19F3O2Si. The quantitative estimate of drug-likeness (QED) is 0.403. The molecule has 0 saturated heterocycles. The van der Waals surface area contributed by atoms with E-state index in [-0.39, 0.29) is 5.75 Å². The van der Waals surface area contributed by atoms with Gasteiger partial charge in [-0.2, -0.15) is 13.2 Å². The number of halogens is 3. The van der Waals surface area contributed by atoms with Crippen molar-refractivity contribution in [2.24, 2.45) is 0 Å². The Hall–Kier alpha value is -1.27. The molecule has 1 aromatic carbocycles. The van der Waals surface area contributed by atoms with E-state index in [9.17, 15) is 13.2 Å². The van der Waals surface area contributed by atoms with Crippen molar-refractivity contribution < 1.29 is 22.6 Å². The molecule has 0 amide bonds. The molecule has 0 aliphatic carbocycles. The minimum absolute atomic E-state index is 0.0288. The normalized spacial score (nSPS) is 11.3. The lowest BCUT2D eigenvalue weighted by Gasteiger charge is -2.15. The molecular weight excluding hydrogens is 285 g/mol. The topological polar surface area (TPSA) is 18.5 Å². The maximum Gasteiger partial charge on any atom is 0.344 e. The van der Waals surface area contributed by atoms with E-state index in [2.05, 4.69) is 24.4 Å². The molecule has 0 saturated carbocycles. The van der Waals surface area contributed by atoms with Crippen LogP contribution in [-0.4, -0.2) is 14.7 Å². The lowest BCUT2D eigenvalue weighted by atomic mass is 10.2. The van der Waals surface area contributed by atoms with Crippen molar-refractivity contribution >= 4 is 8.07 Å². The number of hydrogen-bond donors (Lipinski definition) is 0. The molecule has 0 unspecified atom stereocenters. The minimum Gasteiger partial charge on any atom is -0.428 e. The molecule has 0 heterocycles. The third-order valence-corrected chi connectivity index (χ3v) is 4.25. The summed E-state index contributed by atoms with van der Waals surface area (Å²) in [6.45, 7) is 7.97. The van der Waals surface area contributed by atoms with Crippen molar-refractivity contribution in [1.82, 2.24) is 0 Å². The zero-order chi connectivity index (χ0) is 15.2. The predicted molar refractivity (Wildman–Crippen MR) is 75.2 cm³/mol. The summed E-state index contributed by atoms with van der Waals surface area (Å²) in [5.41, 5.74) is 0.887. The van der Waals surface area contributed by atoms with E-state index < -0.39 is 20.2 Å². The van der Waals surface area contributed by atoms with Gasteiger partial charge in [0.1, 0.15) is 5.75 Å². The molecule has 0 N–H and O–H groups in total. The Morgan fingerprint density at radius 1 is 1.05 bits per heavy atom. The molecule has 1 rings (SSSR count). The van der Waals surface area contributed by atoms with Gasteiger partial charge >= 0.3 is 12.1 Å². The standard InChI is InChI=1S/C14H19F3O2Si/c1-20(2,3)9-8-18-10-11-4-6-12(7-5-11)19-14(17)13(15)16/h4-7H,8-10H2,1-3H3. The third-order valence-electron chi connectivity index (χ3n) is 2.54. The molecule has 0 aliphatic rings. The van der Waals surface area contributed by atoms with Crippen LogP contribution in [-0.2, 0) is 11.3 Å². The molecule has 1 aromatic rings. The molecule has 112 valence electrons. The summed E-state index contributed by atoms with van der Waals surface area (Å²) in [5.74, 6) is 0.0288. The van der Waals surface area contributed by atoms with Gasteiger partial charge in [-0.1, -0.05) is 31.8 Å². The van der Waals surface area contributed by atoms with Gasteiger partial charge in [-0.25, -0.2) is 0 Å². The second-order valence-corrected chi connectivity index (χ2v) is 11.3. The predicted octanol–water partition coefficient (Wildman–Crippen LogP) is 4.96. The molecule has 6 heteroatoms. The molecule has 0 radical (unpaired) electrons. The summed E-state index contributed by atoms with van der Waals surface area (Å²) < 4.78 is 46.1. The Bertz CT molecular complexity index is 448. The van der Waals surface area contributed by atoms with Gasteiger partial charge in [0.15, 0.2) is 0 Å². The van der Waals surface area contributed by atoms with Crippen LogP contribution in [0.1, 0.15) is 5.56 Å². The summed E-state index contributed by atoms with van der Waals surface area (Å²) in [6.07, 6.45) is -2.47. The van der Waals surface area contributed by atoms with Crippen molar-refractivity contribution in [3.63, 3.8) is 0 Å². The summed E-state index contributed by atoms with van der Waals surface area (Å²) in [5, 5.41) is 0. The van der Waals surface area contributed by atoms with E-state index in [0.29, 0.717) is 13.2 Å². The van der Waals surface area contributed by atoms with Crippen LogP contribution in [0.4, 0.5) is 13.2 Å². The second-order valence-electron chi connectivity index (χ2n) is 5.64. The van der Waals surface area contributed by atoms with Gasteiger partial charge in [0, 0.05) is 14.7 Å². The Balaban J connectivity index is 2.41. The minimum atomic E-state index is -2.47. The van der Waals surface area contributed by atoms with Crippen LogP contribution in [0.2, 0.25) is 25.7 Å². The first-order valence-electron chi connectivity index (χ1n) is 6.33. The first-order valence-corrected chi connectivity index (χ1v) is 10.0. The second kappa shape index (κ2) is 7.49. The van der Waals surface area contributed by atoms with E-state index in [1.807, 2.05) is 0 Å². The van der Waals surface area contributed by atoms with Crippen molar-refractivity contribution in [2.75, 3.05) is 6.61 Å². The van der Waals surface area contributed by atoms with Crippen LogP contribution >= 0.6 is 0 Å². The molecule has 0 aromatic heterocycles. The summed E-state index contributed by atoms with van der Waals surface area (Å²) in [7, 11) is -1.10. The number of hydrogen-bond acceptors (Lipinski definition) is 2. The summed E-state index contributed by atoms with van der Waals surface area (Å²) >= 11 is 0. The fourth-order valence-electron chi connectivity index (χ4n) is 1.36. The van der Waals surface area contributed by atoms with E-state index in [1.54, 1.807) is 12.1 Å². The van der Waals surface area contributed by atoms with E-state index in [0.717, 1.165) is 11.6 Å². The Labute approximate surface area is 118 Å². The zero-order valence-corrected chi connectivity index (χ0v) is 12.9. The van der Waals surface area contributed by atoms with Crippen LogP contribution in [0.15, 0.2) is 36.4 Å². The van der Waals surface area contributed by atoms with Gasteiger partial charge in [-0.15, -0.1) is 0 Å². The Kier molecular flexibility index (Phi) is 6.29. The van der Waals surface area contributed by atoms with Crippen molar-refractivity contribution in [2.45, 2.75) is 32.3 Å². The molecule has 0 fully saturated rings. The van der Waals surface area contributed by atoms with Gasteiger partial charge in [0.2, 0.25) is 0 Å². The van der Waals surface area contributed by atoms with Crippen molar-refractivity contribution in [1.29, 1.82) is 0 Å². The fraction of sp³-hybridized carbons (Fsp3) is 0.429. The zero-order valence-electron chi connectivity index (χ0n) is 11.9. The van der Waals surface area contributed by atoms with E-state index in [4.69, 9.17) is 4.74 Å². The highest BCUT2D eigenvalue weighted by Crippen LogP contribution is 2.19. The highest BCUT2D eigenvalue weighted by molar-refractivity contribution is 6.76. The van der Waals surface area contributed by atoms with Gasteiger partial charge < -0.3 is 9.47 Å². The van der Waals surface area contributed by atoms with Crippen LogP contribution in [0.25, 0.3) is 0 Å². The van der Waals surface area contributed by atoms with Gasteiger partial charge in [-0.05, 0) is 23.7 Å². The highest BCUT2D eigenvalue weighted by Gasteiger charge is 2.12. The average molecular weight is 304 g/mol. The van der Waals surface area contributed by atoms with E-state index in [1.165, 1.54) is 12.1 Å². The molecule has 0 spiro atoms. The maximum atomic E-state index is 12.6. The molecule has 0 atom stereocenters. The van der Waals surface area contributed by atoms with Crippen molar-refractivity contribution in [3.05, 3.63) is 41.9 Å². The largest absolute Gasteiger partial charge is 0.428 e. The first-order chi connectivity index (χ1) is 9.28. The molecule has 0 bridgehead atoms. The summed E-state index contributed by atoms with van der Waals surface area (Å²) in [6, 6.07) is 5.39. The average Bonchev–Trinajstić information content (AvgIpc) is 2.35. The SMILES string of the molecule is C[Si](C)(C)CCOCc1ccc(OC(F)=C(F)F)cc1. The van der Waals surface area contributed by atoms with Gasteiger partial charge in [0.05, 0.1) is 6.61 Å². The van der Waals surface area contributed by atoms with Crippen LogP contribution < -0.4 is 4.74 Å². The molecule has 0 aliphatic heterocycles. The summed E-state index contributed by atoms with van der Waals surface area (Å²) in [4.78, 5) is 0. The lowest BCUT2D eigenvalue weighted by Crippen LogP contribution is -2.21. The Morgan fingerprint density at radius 2 is 1.65 bits per heavy atom. The highest BCUT2D eigenvalue weighted by atomic mass is 28.3. The van der Waals surface area contributed by atoms with Gasteiger partial charge in [-0.3, -0.25) is 0 Å². The smallest absolute Gasteiger partial charge is 0.344 e.